The highest BCUT2D eigenvalue weighted by Gasteiger charge is 2.22. The molecule has 0 spiro atoms. The van der Waals surface area contributed by atoms with Gasteiger partial charge in [-0.2, -0.15) is 0 Å². The molecule has 0 aromatic carbocycles. The molecule has 238 valence electrons. The van der Waals surface area contributed by atoms with E-state index in [0.29, 0.717) is 12.8 Å². The number of aliphatic carboxylic acids is 1. The lowest BCUT2D eigenvalue weighted by atomic mass is 10.1. The topological polar surface area (TPSA) is 211 Å². The monoisotopic (exact) mass is 599 g/mol. The fourth-order valence-corrected chi connectivity index (χ4v) is 2.71. The largest absolute Gasteiger partial charge is 0.478 e. The Hall–Kier alpha value is -4.17. The van der Waals surface area contributed by atoms with Crippen molar-refractivity contribution in [2.75, 3.05) is 13.1 Å². The predicted molar refractivity (Wildman–Crippen MR) is 152 cm³/mol. The highest BCUT2D eigenvalue weighted by atomic mass is 16.6. The number of carbonyl (C=O) groups is 6. The van der Waals surface area contributed by atoms with Crippen molar-refractivity contribution in [2.45, 2.75) is 105 Å². The molecule has 0 aliphatic heterocycles. The van der Waals surface area contributed by atoms with Gasteiger partial charge in [0.1, 0.15) is 16.8 Å². The van der Waals surface area contributed by atoms with E-state index in [1.165, 1.54) is 0 Å². The zero-order chi connectivity index (χ0) is 32.7. The lowest BCUT2D eigenvalue weighted by Crippen LogP contribution is -2.47. The fourth-order valence-electron chi connectivity index (χ4n) is 2.71. The van der Waals surface area contributed by atoms with E-state index in [4.69, 9.17) is 14.2 Å². The molecule has 0 atom stereocenters. The second kappa shape index (κ2) is 16.9. The van der Waals surface area contributed by atoms with E-state index in [1.807, 2.05) is 0 Å². The predicted octanol–water partition coefficient (Wildman–Crippen LogP) is 2.49. The van der Waals surface area contributed by atoms with Crippen LogP contribution in [0.4, 0.5) is 9.59 Å². The number of hydrogen-bond acceptors (Lipinski definition) is 10. The van der Waals surface area contributed by atoms with E-state index in [2.05, 4.69) is 26.3 Å². The summed E-state index contributed by atoms with van der Waals surface area (Å²) < 4.78 is 15.4. The number of esters is 1. The first-order valence-electron chi connectivity index (χ1n) is 13.3. The highest BCUT2D eigenvalue weighted by Crippen LogP contribution is 2.11. The fraction of sp³-hybridized carbons (Fsp3) is 0.667. The Morgan fingerprint density at radius 2 is 1.24 bits per heavy atom. The normalized spacial score (nSPS) is 11.9. The average molecular weight is 600 g/mol. The third-order valence-corrected chi connectivity index (χ3v) is 4.20. The number of nitrogens with one attached hydrogen (secondary N) is 4. The molecule has 0 radical (unpaired) electrons. The van der Waals surface area contributed by atoms with Crippen molar-refractivity contribution in [3.05, 3.63) is 11.8 Å². The van der Waals surface area contributed by atoms with Gasteiger partial charge in [0, 0.05) is 19.2 Å². The van der Waals surface area contributed by atoms with Crippen molar-refractivity contribution in [2.24, 2.45) is 4.99 Å². The Morgan fingerprint density at radius 3 is 1.69 bits per heavy atom. The molecule has 0 rings (SSSR count). The molecule has 0 fully saturated rings. The number of nitrogens with zero attached hydrogens (tertiary/aromatic N) is 1. The minimum Gasteiger partial charge on any atom is -0.478 e. The molecule has 0 saturated heterocycles. The van der Waals surface area contributed by atoms with Crippen molar-refractivity contribution in [1.82, 2.24) is 21.3 Å². The Labute approximate surface area is 246 Å². The van der Waals surface area contributed by atoms with Crippen molar-refractivity contribution >= 4 is 41.9 Å². The Bertz CT molecular complexity index is 1010. The summed E-state index contributed by atoms with van der Waals surface area (Å²) in [4.78, 5) is 75.7. The highest BCUT2D eigenvalue weighted by molar-refractivity contribution is 6.01. The van der Waals surface area contributed by atoms with E-state index in [9.17, 15) is 33.9 Å². The Balaban J connectivity index is 4.77. The quantitative estimate of drug-likeness (QED) is 0.0585. The molecule has 0 aromatic rings. The van der Waals surface area contributed by atoms with Crippen LogP contribution >= 0.6 is 0 Å². The van der Waals surface area contributed by atoms with Gasteiger partial charge in [0.05, 0.1) is 18.5 Å². The lowest BCUT2D eigenvalue weighted by Gasteiger charge is -2.22. The molecule has 0 unspecified atom stereocenters. The summed E-state index contributed by atoms with van der Waals surface area (Å²) in [6.07, 6.45) is -0.523. The minimum absolute atomic E-state index is 0.0476. The van der Waals surface area contributed by atoms with Crippen LogP contribution in [0.2, 0.25) is 0 Å². The summed E-state index contributed by atoms with van der Waals surface area (Å²) in [6, 6.07) is 0. The lowest BCUT2D eigenvalue weighted by molar-refractivity contribution is -0.155. The molecule has 0 aromatic heterocycles. The van der Waals surface area contributed by atoms with Gasteiger partial charge in [-0.25, -0.2) is 14.4 Å². The van der Waals surface area contributed by atoms with Crippen LogP contribution in [0.25, 0.3) is 0 Å². The molecule has 42 heavy (non-hydrogen) atoms. The first kappa shape index (κ1) is 37.8. The third-order valence-electron chi connectivity index (χ3n) is 4.20. The Kier molecular flexibility index (Phi) is 15.3. The second-order valence-electron chi connectivity index (χ2n) is 12.0. The van der Waals surface area contributed by atoms with E-state index in [-0.39, 0.29) is 24.5 Å². The summed E-state index contributed by atoms with van der Waals surface area (Å²) >= 11 is 0. The number of rotatable bonds is 11. The number of amides is 4. The van der Waals surface area contributed by atoms with Gasteiger partial charge < -0.3 is 30.0 Å². The summed E-state index contributed by atoms with van der Waals surface area (Å²) in [5.74, 6) is -3.48. The van der Waals surface area contributed by atoms with Crippen LogP contribution in [0.15, 0.2) is 16.8 Å². The number of unbranched alkanes of at least 4 members (excludes halogenated alkanes) is 1. The molecular weight excluding hydrogens is 554 g/mol. The number of aliphatic imine (C=N–C) groups is 1. The minimum atomic E-state index is -1.40. The van der Waals surface area contributed by atoms with Crippen LogP contribution in [0.3, 0.4) is 0 Å². The van der Waals surface area contributed by atoms with Gasteiger partial charge in [0.2, 0.25) is 17.8 Å². The van der Waals surface area contributed by atoms with Gasteiger partial charge in [-0.1, -0.05) is 0 Å². The maximum absolute atomic E-state index is 12.1. The molecule has 0 bridgehead atoms. The number of guanidine groups is 1. The van der Waals surface area contributed by atoms with Crippen molar-refractivity contribution < 1.29 is 48.1 Å². The molecule has 5 N–H and O–H groups in total. The van der Waals surface area contributed by atoms with E-state index in [0.717, 1.165) is 6.20 Å². The van der Waals surface area contributed by atoms with E-state index < -0.39 is 65.7 Å². The number of hydrogen-bond donors (Lipinski definition) is 5. The molecule has 15 nitrogen and oxygen atoms in total. The van der Waals surface area contributed by atoms with E-state index in [1.54, 1.807) is 62.3 Å². The van der Waals surface area contributed by atoms with Crippen LogP contribution in [0, 0.1) is 0 Å². The molecule has 15 heteroatoms. The van der Waals surface area contributed by atoms with Crippen molar-refractivity contribution in [3.63, 3.8) is 0 Å². The SMILES string of the molecule is CC(C)(C)OC(=O)C/C(=C\NC(=O)CNC(=O)CCCCN=C(NC(=O)OC(C)(C)C)NC(=O)OC(C)(C)C)C(=O)O. The van der Waals surface area contributed by atoms with Crippen LogP contribution in [-0.2, 0) is 33.4 Å². The van der Waals surface area contributed by atoms with Crippen molar-refractivity contribution in [1.29, 1.82) is 0 Å². The summed E-state index contributed by atoms with van der Waals surface area (Å²) in [5, 5.41) is 18.6. The zero-order valence-corrected chi connectivity index (χ0v) is 25.9. The number of carboxylic acid groups (broad SMARTS) is 1. The molecular formula is C27H45N5O10. The van der Waals surface area contributed by atoms with Gasteiger partial charge in [0.15, 0.2) is 0 Å². The van der Waals surface area contributed by atoms with Crippen LogP contribution in [-0.4, -0.2) is 76.9 Å². The van der Waals surface area contributed by atoms with Gasteiger partial charge in [0.25, 0.3) is 0 Å². The van der Waals surface area contributed by atoms with E-state index >= 15 is 0 Å². The maximum atomic E-state index is 12.1. The maximum Gasteiger partial charge on any atom is 0.414 e. The van der Waals surface area contributed by atoms with Gasteiger partial charge >= 0.3 is 24.1 Å². The summed E-state index contributed by atoms with van der Waals surface area (Å²) in [5.41, 5.74) is -2.73. The number of carbonyl (C=O) groups excluding carboxylic acids is 5. The second-order valence-corrected chi connectivity index (χ2v) is 12.0. The molecule has 4 amide bonds. The smallest absolute Gasteiger partial charge is 0.414 e. The standard InChI is InChI=1S/C27H45N5O10/c1-25(2,3)40-20(35)14-17(21(36)37)15-29-19(34)16-30-18(33)12-10-11-13-28-22(31-23(38)41-26(4,5)6)32-24(39)42-27(7,8)9/h15H,10-14,16H2,1-9H3,(H,29,34)(H,30,33)(H,36,37)(H2,28,31,32,38,39)/b17-15+. The molecule has 0 aliphatic rings. The molecule has 0 heterocycles. The van der Waals surface area contributed by atoms with Crippen LogP contribution < -0.4 is 21.3 Å². The molecule has 0 aliphatic carbocycles. The number of alkyl carbamates (subject to hydrolysis) is 2. The third kappa shape index (κ3) is 21.6. The first-order chi connectivity index (χ1) is 19.1. The number of ether oxygens (including phenoxy) is 3. The number of carboxylic acids is 1. The summed E-state index contributed by atoms with van der Waals surface area (Å²) in [7, 11) is 0. The zero-order valence-electron chi connectivity index (χ0n) is 25.9. The van der Waals surface area contributed by atoms with Gasteiger partial charge in [-0.05, 0) is 75.2 Å². The van der Waals surface area contributed by atoms with Crippen LogP contribution in [0.5, 0.6) is 0 Å². The van der Waals surface area contributed by atoms with Crippen LogP contribution in [0.1, 0.15) is 88.0 Å². The average Bonchev–Trinajstić information content (AvgIpc) is 2.75. The van der Waals surface area contributed by atoms with Gasteiger partial charge in [-0.3, -0.25) is 30.0 Å². The first-order valence-corrected chi connectivity index (χ1v) is 13.3. The Morgan fingerprint density at radius 1 is 0.738 bits per heavy atom. The summed E-state index contributed by atoms with van der Waals surface area (Å²) in [6.45, 7) is 14.7. The molecule has 0 saturated carbocycles. The van der Waals surface area contributed by atoms with Crippen molar-refractivity contribution in [3.8, 4) is 0 Å². The van der Waals surface area contributed by atoms with Gasteiger partial charge in [-0.15, -0.1) is 0 Å².